The summed E-state index contributed by atoms with van der Waals surface area (Å²) >= 11 is 0. The summed E-state index contributed by atoms with van der Waals surface area (Å²) < 4.78 is 35.2. The fraction of sp³-hybridized carbons (Fsp3) is 0.273. The Morgan fingerprint density at radius 3 is 2.47 bits per heavy atom. The Labute approximate surface area is 173 Å². The summed E-state index contributed by atoms with van der Waals surface area (Å²) in [6.45, 7) is 3.28. The highest BCUT2D eigenvalue weighted by Crippen LogP contribution is 2.40. The molecule has 3 rings (SSSR count). The van der Waals surface area contributed by atoms with Crippen LogP contribution in [0.4, 0.5) is 8.78 Å². The highest BCUT2D eigenvalue weighted by atomic mass is 19.3. The van der Waals surface area contributed by atoms with Gasteiger partial charge in [0, 0.05) is 13.5 Å². The molecule has 0 saturated carbocycles. The van der Waals surface area contributed by atoms with Crippen molar-refractivity contribution in [3.05, 3.63) is 71.8 Å². The molecule has 2 aromatic rings. The first-order valence-electron chi connectivity index (χ1n) is 9.30. The average Bonchev–Trinajstić information content (AvgIpc) is 2.93. The molecule has 8 heteroatoms. The largest absolute Gasteiger partial charge is 0.493 e. The zero-order valence-electron chi connectivity index (χ0n) is 16.8. The second-order valence-corrected chi connectivity index (χ2v) is 7.03. The molecular formula is C22H23F2N3O3. The quantitative estimate of drug-likeness (QED) is 0.668. The molecule has 1 amide bonds. The predicted octanol–water partition coefficient (Wildman–Crippen LogP) is 3.66. The minimum atomic E-state index is -2.94. The van der Waals surface area contributed by atoms with E-state index in [1.54, 1.807) is 24.3 Å². The van der Waals surface area contributed by atoms with Gasteiger partial charge in [-0.25, -0.2) is 4.99 Å². The van der Waals surface area contributed by atoms with Crippen molar-refractivity contribution < 1.29 is 23.0 Å². The van der Waals surface area contributed by atoms with E-state index in [4.69, 9.17) is 10.5 Å². The van der Waals surface area contributed by atoms with Gasteiger partial charge >= 0.3 is 6.61 Å². The van der Waals surface area contributed by atoms with Crippen LogP contribution >= 0.6 is 0 Å². The molecule has 0 fully saturated rings. The summed E-state index contributed by atoms with van der Waals surface area (Å²) in [6, 6.07) is 12.8. The van der Waals surface area contributed by atoms with E-state index in [-0.39, 0.29) is 17.6 Å². The molecule has 0 unspecified atom stereocenters. The minimum Gasteiger partial charge on any atom is -0.493 e. The number of rotatable bonds is 8. The van der Waals surface area contributed by atoms with Gasteiger partial charge in [0.1, 0.15) is 11.5 Å². The van der Waals surface area contributed by atoms with Gasteiger partial charge in [-0.1, -0.05) is 29.8 Å². The van der Waals surface area contributed by atoms with E-state index in [9.17, 15) is 13.6 Å². The molecule has 158 valence electrons. The molecule has 30 heavy (non-hydrogen) atoms. The van der Waals surface area contributed by atoms with E-state index in [0.29, 0.717) is 29.9 Å². The Morgan fingerprint density at radius 2 is 1.90 bits per heavy atom. The maximum Gasteiger partial charge on any atom is 0.387 e. The van der Waals surface area contributed by atoms with Gasteiger partial charge in [0.15, 0.2) is 11.5 Å². The first kappa shape index (κ1) is 21.3. The van der Waals surface area contributed by atoms with E-state index in [0.717, 1.165) is 5.57 Å². The van der Waals surface area contributed by atoms with Crippen molar-refractivity contribution >= 4 is 11.9 Å². The maximum atomic E-state index is 13.2. The number of carbonyl (C=O) groups excluding carboxylic acids is 1. The molecule has 0 saturated heterocycles. The Morgan fingerprint density at radius 1 is 1.20 bits per heavy atom. The second kappa shape index (κ2) is 8.52. The van der Waals surface area contributed by atoms with Gasteiger partial charge < -0.3 is 15.2 Å². The molecule has 1 aliphatic heterocycles. The molecule has 1 heterocycles. The van der Waals surface area contributed by atoms with Gasteiger partial charge in [0.2, 0.25) is 0 Å². The Kier molecular flexibility index (Phi) is 6.05. The van der Waals surface area contributed by atoms with E-state index in [1.165, 1.54) is 36.2 Å². The molecule has 2 N–H and O–H groups in total. The van der Waals surface area contributed by atoms with E-state index < -0.39 is 12.2 Å². The lowest BCUT2D eigenvalue weighted by molar-refractivity contribution is -0.129. The number of benzene rings is 2. The Hall–Kier alpha value is -3.42. The topological polar surface area (TPSA) is 77.2 Å². The summed E-state index contributed by atoms with van der Waals surface area (Å²) in [5.74, 6) is 0.251. The maximum absolute atomic E-state index is 13.2. The summed E-state index contributed by atoms with van der Waals surface area (Å²) in [5, 5.41) is 0. The molecule has 0 spiro atoms. The van der Waals surface area contributed by atoms with Crippen LogP contribution in [0.5, 0.6) is 11.5 Å². The fourth-order valence-electron chi connectivity index (χ4n) is 3.22. The molecule has 1 aliphatic rings. The molecule has 0 bridgehead atoms. The van der Waals surface area contributed by atoms with Crippen molar-refractivity contribution in [3.8, 4) is 11.5 Å². The van der Waals surface area contributed by atoms with Gasteiger partial charge in [-0.2, -0.15) is 8.78 Å². The zero-order chi connectivity index (χ0) is 21.9. The second-order valence-electron chi connectivity index (χ2n) is 7.03. The third kappa shape index (κ3) is 4.12. The number of aliphatic imine (C=N–C) groups is 1. The molecule has 0 aliphatic carbocycles. The normalized spacial score (nSPS) is 18.5. The monoisotopic (exact) mass is 415 g/mol. The van der Waals surface area contributed by atoms with E-state index in [2.05, 4.69) is 16.3 Å². The van der Waals surface area contributed by atoms with Crippen LogP contribution in [0.1, 0.15) is 24.5 Å². The van der Waals surface area contributed by atoms with Crippen molar-refractivity contribution in [1.82, 2.24) is 4.90 Å². The molecule has 1 atom stereocenters. The summed E-state index contributed by atoms with van der Waals surface area (Å²) in [4.78, 5) is 19.0. The number of nitrogens with two attached hydrogens (primary N) is 1. The van der Waals surface area contributed by atoms with Crippen LogP contribution in [-0.4, -0.2) is 37.0 Å². The fourth-order valence-corrected chi connectivity index (χ4v) is 3.22. The van der Waals surface area contributed by atoms with Crippen LogP contribution in [0.3, 0.4) is 0 Å². The van der Waals surface area contributed by atoms with Crippen molar-refractivity contribution in [2.24, 2.45) is 10.7 Å². The van der Waals surface area contributed by atoms with Gasteiger partial charge in [0.25, 0.3) is 5.91 Å². The lowest BCUT2D eigenvalue weighted by atomic mass is 9.82. The van der Waals surface area contributed by atoms with Crippen molar-refractivity contribution in [2.45, 2.75) is 25.5 Å². The molecular weight excluding hydrogens is 392 g/mol. The van der Waals surface area contributed by atoms with Gasteiger partial charge in [0.05, 0.1) is 6.61 Å². The van der Waals surface area contributed by atoms with Gasteiger partial charge in [-0.3, -0.25) is 9.69 Å². The van der Waals surface area contributed by atoms with E-state index >= 15 is 0 Å². The number of nitrogens with zero attached hydrogens (tertiary/aromatic N) is 2. The number of hydrogen-bond donors (Lipinski definition) is 1. The number of guanidine groups is 1. The lowest BCUT2D eigenvalue weighted by Crippen LogP contribution is -2.41. The number of hydrogen-bond acceptors (Lipinski definition) is 5. The third-order valence-corrected chi connectivity index (χ3v) is 4.79. The van der Waals surface area contributed by atoms with Crippen molar-refractivity contribution in [2.75, 3.05) is 13.7 Å². The Bertz CT molecular complexity index is 976. The first-order valence-corrected chi connectivity index (χ1v) is 9.30. The molecule has 6 nitrogen and oxygen atoms in total. The van der Waals surface area contributed by atoms with Crippen LogP contribution in [0.2, 0.25) is 0 Å². The van der Waals surface area contributed by atoms with E-state index in [1.807, 2.05) is 6.92 Å². The average molecular weight is 415 g/mol. The molecule has 0 radical (unpaired) electrons. The van der Waals surface area contributed by atoms with Gasteiger partial charge in [-0.15, -0.1) is 6.58 Å². The van der Waals surface area contributed by atoms with Gasteiger partial charge in [-0.05, 0) is 42.3 Å². The summed E-state index contributed by atoms with van der Waals surface area (Å²) in [5.41, 5.74) is 6.53. The number of alkyl halides is 2. The van der Waals surface area contributed by atoms with Crippen molar-refractivity contribution in [3.63, 3.8) is 0 Å². The number of amides is 1. The van der Waals surface area contributed by atoms with Crippen LogP contribution in [-0.2, 0) is 10.3 Å². The number of halogens is 2. The first-order chi connectivity index (χ1) is 14.2. The SMILES string of the molecule is C=C(C)CCOc1cccc([C@@]2(c3ccc(OC(F)F)cc3)N=C(N)N(C)C2=O)c1. The zero-order valence-corrected chi connectivity index (χ0v) is 16.8. The third-order valence-electron chi connectivity index (χ3n) is 4.79. The van der Waals surface area contributed by atoms with Crippen LogP contribution in [0.25, 0.3) is 0 Å². The number of ether oxygens (including phenoxy) is 2. The summed E-state index contributed by atoms with van der Waals surface area (Å²) in [6.07, 6.45) is 0.702. The number of likely N-dealkylation sites (N-methyl/N-ethyl adjacent to an activating group) is 1. The molecule has 0 aromatic heterocycles. The number of carbonyl (C=O) groups is 1. The highest BCUT2D eigenvalue weighted by molar-refractivity contribution is 6.08. The van der Waals surface area contributed by atoms with Crippen LogP contribution in [0.15, 0.2) is 65.7 Å². The summed E-state index contributed by atoms with van der Waals surface area (Å²) in [7, 11) is 1.53. The predicted molar refractivity (Wildman–Crippen MR) is 110 cm³/mol. The van der Waals surface area contributed by atoms with Crippen molar-refractivity contribution in [1.29, 1.82) is 0 Å². The minimum absolute atomic E-state index is 0.0171. The standard InChI is InChI=1S/C22H23F2N3O3/c1-14(2)11-12-29-18-6-4-5-16(13-18)22(19(28)27(3)21(25)26-22)15-7-9-17(10-8-15)30-20(23)24/h4-10,13,20H,1,11-12H2,2-3H3,(H2,25,26)/t22-/m1/s1. The van der Waals surface area contributed by atoms with Crippen LogP contribution in [0, 0.1) is 0 Å². The Balaban J connectivity index is 2.03. The smallest absolute Gasteiger partial charge is 0.387 e. The lowest BCUT2D eigenvalue weighted by Gasteiger charge is -2.26. The van der Waals surface area contributed by atoms with Crippen LogP contribution < -0.4 is 15.2 Å². The molecule has 2 aromatic carbocycles. The highest BCUT2D eigenvalue weighted by Gasteiger charge is 2.49.